The molecule has 3 N–H and O–H groups in total. The molecular formula is C15H22BrClN2O. The minimum atomic E-state index is 0. The Kier molecular flexibility index (Phi) is 7.00. The van der Waals surface area contributed by atoms with Crippen LogP contribution in [-0.2, 0) is 4.79 Å². The molecule has 2 rings (SSSR count). The standard InChI is InChI=1S/C15H21BrN2O.ClH/c1-10-12(16)6-4-8-14(10)18-15(19)9-11-5-2-3-7-13(11)17;/h4,6,8,11,13H,2-3,5,7,9,17H2,1H3,(H,18,19);1H. The molecule has 0 heterocycles. The Labute approximate surface area is 135 Å². The van der Waals surface area contributed by atoms with Crippen molar-refractivity contribution in [3.05, 3.63) is 28.2 Å². The minimum absolute atomic E-state index is 0. The normalized spacial score (nSPS) is 21.9. The van der Waals surface area contributed by atoms with Gasteiger partial charge in [-0.1, -0.05) is 34.8 Å². The van der Waals surface area contributed by atoms with E-state index in [0.717, 1.165) is 28.6 Å². The number of rotatable bonds is 3. The lowest BCUT2D eigenvalue weighted by molar-refractivity contribution is -0.117. The molecule has 0 radical (unpaired) electrons. The third kappa shape index (κ3) is 4.47. The van der Waals surface area contributed by atoms with E-state index >= 15 is 0 Å². The molecule has 20 heavy (non-hydrogen) atoms. The van der Waals surface area contributed by atoms with Crippen LogP contribution in [0.25, 0.3) is 0 Å². The first-order valence-corrected chi connectivity index (χ1v) is 7.68. The maximum absolute atomic E-state index is 12.1. The number of nitrogens with one attached hydrogen (secondary N) is 1. The number of carbonyl (C=O) groups excluding carboxylic acids is 1. The number of anilines is 1. The summed E-state index contributed by atoms with van der Waals surface area (Å²) in [7, 11) is 0. The van der Waals surface area contributed by atoms with E-state index in [9.17, 15) is 4.79 Å². The molecule has 1 amide bonds. The Morgan fingerprint density at radius 3 is 2.80 bits per heavy atom. The van der Waals surface area contributed by atoms with Crippen molar-refractivity contribution >= 4 is 39.9 Å². The van der Waals surface area contributed by atoms with Gasteiger partial charge < -0.3 is 11.1 Å². The molecule has 1 aliphatic rings. The number of hydrogen-bond donors (Lipinski definition) is 2. The van der Waals surface area contributed by atoms with Gasteiger partial charge in [-0.25, -0.2) is 0 Å². The van der Waals surface area contributed by atoms with Crippen molar-refractivity contribution in [3.8, 4) is 0 Å². The van der Waals surface area contributed by atoms with Gasteiger partial charge in [0, 0.05) is 22.6 Å². The lowest BCUT2D eigenvalue weighted by Gasteiger charge is -2.28. The van der Waals surface area contributed by atoms with Gasteiger partial charge in [0.15, 0.2) is 0 Å². The molecular weight excluding hydrogens is 340 g/mol. The van der Waals surface area contributed by atoms with Gasteiger partial charge in [-0.15, -0.1) is 12.4 Å². The van der Waals surface area contributed by atoms with Crippen molar-refractivity contribution in [2.24, 2.45) is 11.7 Å². The monoisotopic (exact) mass is 360 g/mol. The van der Waals surface area contributed by atoms with E-state index in [4.69, 9.17) is 5.73 Å². The zero-order valence-corrected chi connectivity index (χ0v) is 14.1. The largest absolute Gasteiger partial charge is 0.327 e. The molecule has 112 valence electrons. The lowest BCUT2D eigenvalue weighted by Crippen LogP contribution is -2.35. The van der Waals surface area contributed by atoms with Crippen LogP contribution in [0.5, 0.6) is 0 Å². The summed E-state index contributed by atoms with van der Waals surface area (Å²) in [4.78, 5) is 12.1. The molecule has 2 atom stereocenters. The summed E-state index contributed by atoms with van der Waals surface area (Å²) in [6.07, 6.45) is 5.05. The van der Waals surface area contributed by atoms with Gasteiger partial charge >= 0.3 is 0 Å². The zero-order valence-electron chi connectivity index (χ0n) is 11.7. The second-order valence-corrected chi connectivity index (χ2v) is 6.23. The highest BCUT2D eigenvalue weighted by molar-refractivity contribution is 9.10. The van der Waals surface area contributed by atoms with E-state index in [1.54, 1.807) is 0 Å². The van der Waals surface area contributed by atoms with Gasteiger partial charge in [-0.3, -0.25) is 4.79 Å². The molecule has 3 nitrogen and oxygen atoms in total. The van der Waals surface area contributed by atoms with Crippen LogP contribution >= 0.6 is 28.3 Å². The first kappa shape index (κ1) is 17.5. The van der Waals surface area contributed by atoms with Gasteiger partial charge in [0.05, 0.1) is 0 Å². The molecule has 0 bridgehead atoms. The molecule has 0 aromatic heterocycles. The Bertz CT molecular complexity index is 467. The highest BCUT2D eigenvalue weighted by atomic mass is 79.9. The third-order valence-electron chi connectivity index (χ3n) is 3.96. The van der Waals surface area contributed by atoms with Crippen molar-refractivity contribution in [2.75, 3.05) is 5.32 Å². The number of nitrogens with two attached hydrogens (primary N) is 1. The number of hydrogen-bond acceptors (Lipinski definition) is 2. The molecule has 1 aromatic carbocycles. The summed E-state index contributed by atoms with van der Waals surface area (Å²) in [5.41, 5.74) is 8.02. The van der Waals surface area contributed by atoms with Crippen LogP contribution in [0.2, 0.25) is 0 Å². The second kappa shape index (κ2) is 8.01. The fourth-order valence-corrected chi connectivity index (χ4v) is 3.04. The quantitative estimate of drug-likeness (QED) is 0.854. The fraction of sp³-hybridized carbons (Fsp3) is 0.533. The SMILES string of the molecule is Cc1c(Br)cccc1NC(=O)CC1CCCCC1N.Cl. The molecule has 5 heteroatoms. The summed E-state index contributed by atoms with van der Waals surface area (Å²) in [5, 5.41) is 2.99. The van der Waals surface area contributed by atoms with E-state index in [2.05, 4.69) is 21.2 Å². The van der Waals surface area contributed by atoms with Crippen LogP contribution in [0.3, 0.4) is 0 Å². The Balaban J connectivity index is 0.00000200. The van der Waals surface area contributed by atoms with Crippen LogP contribution < -0.4 is 11.1 Å². The summed E-state index contributed by atoms with van der Waals surface area (Å²) >= 11 is 3.47. The van der Waals surface area contributed by atoms with Crippen LogP contribution in [0.15, 0.2) is 22.7 Å². The van der Waals surface area contributed by atoms with Crippen molar-refractivity contribution in [1.82, 2.24) is 0 Å². The van der Waals surface area contributed by atoms with E-state index in [-0.39, 0.29) is 24.4 Å². The van der Waals surface area contributed by atoms with Gasteiger partial charge in [0.1, 0.15) is 0 Å². The van der Waals surface area contributed by atoms with Gasteiger partial charge in [0.25, 0.3) is 0 Å². The van der Waals surface area contributed by atoms with Crippen LogP contribution in [-0.4, -0.2) is 11.9 Å². The third-order valence-corrected chi connectivity index (χ3v) is 4.82. The first-order valence-electron chi connectivity index (χ1n) is 6.88. The summed E-state index contributed by atoms with van der Waals surface area (Å²) in [5.74, 6) is 0.407. The fourth-order valence-electron chi connectivity index (χ4n) is 2.67. The number of halogens is 2. The Morgan fingerprint density at radius 1 is 1.40 bits per heavy atom. The zero-order chi connectivity index (χ0) is 13.8. The van der Waals surface area contributed by atoms with E-state index in [0.29, 0.717) is 12.3 Å². The smallest absolute Gasteiger partial charge is 0.224 e. The highest BCUT2D eigenvalue weighted by Crippen LogP contribution is 2.27. The summed E-state index contributed by atoms with van der Waals surface area (Å²) in [6, 6.07) is 6.02. The Morgan fingerprint density at radius 2 is 2.10 bits per heavy atom. The molecule has 0 saturated heterocycles. The molecule has 0 aliphatic heterocycles. The number of benzene rings is 1. The summed E-state index contributed by atoms with van der Waals surface area (Å²) < 4.78 is 1.01. The predicted octanol–water partition coefficient (Wildman–Crippen LogP) is 4.03. The number of amides is 1. The predicted molar refractivity (Wildman–Crippen MR) is 89.3 cm³/mol. The number of carbonyl (C=O) groups is 1. The van der Waals surface area contributed by atoms with Crippen LogP contribution in [0.1, 0.15) is 37.7 Å². The first-order chi connectivity index (χ1) is 9.08. The average molecular weight is 362 g/mol. The molecule has 0 spiro atoms. The second-order valence-electron chi connectivity index (χ2n) is 5.37. The molecule has 1 aliphatic carbocycles. The minimum Gasteiger partial charge on any atom is -0.327 e. The van der Waals surface area contributed by atoms with Crippen molar-refractivity contribution in [3.63, 3.8) is 0 Å². The molecule has 1 saturated carbocycles. The van der Waals surface area contributed by atoms with Crippen LogP contribution in [0.4, 0.5) is 5.69 Å². The van der Waals surface area contributed by atoms with Crippen molar-refractivity contribution in [1.29, 1.82) is 0 Å². The average Bonchev–Trinajstić information content (AvgIpc) is 2.38. The topological polar surface area (TPSA) is 55.1 Å². The summed E-state index contributed by atoms with van der Waals surface area (Å²) in [6.45, 7) is 1.99. The lowest BCUT2D eigenvalue weighted by atomic mass is 9.83. The van der Waals surface area contributed by atoms with Gasteiger partial charge in [-0.2, -0.15) is 0 Å². The highest BCUT2D eigenvalue weighted by Gasteiger charge is 2.24. The maximum atomic E-state index is 12.1. The van der Waals surface area contributed by atoms with Crippen LogP contribution in [0, 0.1) is 12.8 Å². The Hall–Kier alpha value is -0.580. The molecule has 1 fully saturated rings. The molecule has 2 unspecified atom stereocenters. The van der Waals surface area contributed by atoms with Gasteiger partial charge in [0.2, 0.25) is 5.91 Å². The van der Waals surface area contributed by atoms with E-state index in [1.807, 2.05) is 25.1 Å². The van der Waals surface area contributed by atoms with E-state index in [1.165, 1.54) is 12.8 Å². The van der Waals surface area contributed by atoms with Crippen molar-refractivity contribution in [2.45, 2.75) is 45.1 Å². The van der Waals surface area contributed by atoms with Crippen molar-refractivity contribution < 1.29 is 4.79 Å². The van der Waals surface area contributed by atoms with E-state index < -0.39 is 0 Å². The molecule has 1 aromatic rings. The van der Waals surface area contributed by atoms with Gasteiger partial charge in [-0.05, 0) is 43.4 Å². The maximum Gasteiger partial charge on any atom is 0.224 e.